The molecule has 1 aliphatic heterocycles. The Morgan fingerprint density at radius 3 is 2.74 bits per heavy atom. The second kappa shape index (κ2) is 5.48. The smallest absolute Gasteiger partial charge is 0.253 e. The minimum absolute atomic E-state index is 0.141. The Balaban J connectivity index is 1.63. The van der Waals surface area contributed by atoms with Crippen molar-refractivity contribution in [3.8, 4) is 0 Å². The fourth-order valence-electron chi connectivity index (χ4n) is 4.16. The molecule has 1 amide bonds. The van der Waals surface area contributed by atoms with Gasteiger partial charge in [0, 0.05) is 31.1 Å². The van der Waals surface area contributed by atoms with Crippen LogP contribution in [-0.4, -0.2) is 38.7 Å². The Hall–Kier alpha value is -2.17. The van der Waals surface area contributed by atoms with Crippen LogP contribution in [0.3, 0.4) is 0 Å². The largest absolute Gasteiger partial charge is 0.337 e. The van der Waals surface area contributed by atoms with Crippen molar-refractivity contribution in [1.29, 1.82) is 0 Å². The van der Waals surface area contributed by atoms with Gasteiger partial charge in [-0.2, -0.15) is 0 Å². The fraction of sp³-hybridized carbons (Fsp3) is 0.500. The molecular formula is C18H22N4O. The quantitative estimate of drug-likeness (QED) is 0.876. The molecule has 2 heterocycles. The van der Waals surface area contributed by atoms with E-state index < -0.39 is 0 Å². The maximum absolute atomic E-state index is 12.8. The van der Waals surface area contributed by atoms with E-state index in [1.165, 1.54) is 19.3 Å². The first-order valence-corrected chi connectivity index (χ1v) is 8.45. The lowest BCUT2D eigenvalue weighted by Gasteiger charge is -2.42. The predicted octanol–water partition coefficient (Wildman–Crippen LogP) is 2.71. The molecule has 0 radical (unpaired) electrons. The first-order chi connectivity index (χ1) is 11.2. The molecule has 4 rings (SSSR count). The average Bonchev–Trinajstić information content (AvgIpc) is 3.18. The zero-order valence-corrected chi connectivity index (χ0v) is 13.5. The van der Waals surface area contributed by atoms with E-state index >= 15 is 0 Å². The van der Waals surface area contributed by atoms with Gasteiger partial charge in [-0.25, -0.2) is 0 Å². The summed E-state index contributed by atoms with van der Waals surface area (Å²) in [6.45, 7) is 4.60. The third-order valence-electron chi connectivity index (χ3n) is 5.60. The average molecular weight is 310 g/mol. The number of aryl methyl sites for hydroxylation is 1. The molecule has 1 atom stereocenters. The molecule has 120 valence electrons. The normalized spacial score (nSPS) is 22.3. The number of amides is 1. The number of hydrogen-bond donors (Lipinski definition) is 0. The van der Waals surface area contributed by atoms with Gasteiger partial charge in [0.2, 0.25) is 0 Å². The van der Waals surface area contributed by atoms with Gasteiger partial charge in [-0.05, 0) is 37.3 Å². The van der Waals surface area contributed by atoms with Gasteiger partial charge in [-0.3, -0.25) is 4.79 Å². The van der Waals surface area contributed by atoms with Gasteiger partial charge in [0.25, 0.3) is 5.91 Å². The summed E-state index contributed by atoms with van der Waals surface area (Å²) in [4.78, 5) is 14.8. The predicted molar refractivity (Wildman–Crippen MR) is 87.1 cm³/mol. The van der Waals surface area contributed by atoms with E-state index in [4.69, 9.17) is 0 Å². The van der Waals surface area contributed by atoms with E-state index in [0.29, 0.717) is 5.92 Å². The zero-order chi connectivity index (χ0) is 15.9. The van der Waals surface area contributed by atoms with Crippen molar-refractivity contribution in [2.75, 3.05) is 13.1 Å². The maximum Gasteiger partial charge on any atom is 0.253 e. The molecule has 2 aliphatic rings. The van der Waals surface area contributed by atoms with Crippen LogP contribution in [0.1, 0.15) is 48.3 Å². The van der Waals surface area contributed by atoms with E-state index in [-0.39, 0.29) is 11.3 Å². The van der Waals surface area contributed by atoms with Gasteiger partial charge in [-0.1, -0.05) is 24.6 Å². The van der Waals surface area contributed by atoms with E-state index in [2.05, 4.69) is 21.7 Å². The van der Waals surface area contributed by atoms with Gasteiger partial charge < -0.3 is 9.47 Å². The summed E-state index contributed by atoms with van der Waals surface area (Å²) in [5.74, 6) is 1.50. The lowest BCUT2D eigenvalue weighted by atomic mass is 9.62. The van der Waals surface area contributed by atoms with Crippen LogP contribution in [0, 0.1) is 5.41 Å². The molecule has 0 bridgehead atoms. The number of aromatic nitrogens is 3. The molecule has 1 unspecified atom stereocenters. The second-order valence-corrected chi connectivity index (χ2v) is 6.80. The first-order valence-electron chi connectivity index (χ1n) is 8.45. The van der Waals surface area contributed by atoms with Crippen molar-refractivity contribution in [3.63, 3.8) is 0 Å². The van der Waals surface area contributed by atoms with Crippen molar-refractivity contribution in [2.45, 2.75) is 38.6 Å². The van der Waals surface area contributed by atoms with Crippen molar-refractivity contribution in [1.82, 2.24) is 19.7 Å². The Bertz CT molecular complexity index is 705. The van der Waals surface area contributed by atoms with Crippen LogP contribution in [0.15, 0.2) is 36.7 Å². The van der Waals surface area contributed by atoms with Gasteiger partial charge in [0.15, 0.2) is 0 Å². The van der Waals surface area contributed by atoms with E-state index in [1.807, 2.05) is 41.6 Å². The van der Waals surface area contributed by atoms with Crippen molar-refractivity contribution in [2.24, 2.45) is 5.41 Å². The number of carbonyl (C=O) groups excluding carboxylic acids is 1. The number of benzene rings is 1. The Morgan fingerprint density at radius 2 is 2.09 bits per heavy atom. The zero-order valence-electron chi connectivity index (χ0n) is 13.5. The topological polar surface area (TPSA) is 51.0 Å². The number of hydrogen-bond acceptors (Lipinski definition) is 3. The number of rotatable bonds is 3. The standard InChI is InChI=1S/C18H22N4O/c1-2-21-13-19-20-16(21)15-11-22(12-18(15)9-6-10-18)17(23)14-7-4-3-5-8-14/h3-5,7-8,13,15H,2,6,9-12H2,1H3. The summed E-state index contributed by atoms with van der Waals surface area (Å²) >= 11 is 0. The van der Waals surface area contributed by atoms with Crippen LogP contribution in [0.4, 0.5) is 0 Å². The summed E-state index contributed by atoms with van der Waals surface area (Å²) in [5.41, 5.74) is 0.990. The molecule has 0 N–H and O–H groups in total. The van der Waals surface area contributed by atoms with Gasteiger partial charge in [0.05, 0.1) is 0 Å². The minimum atomic E-state index is 0.141. The summed E-state index contributed by atoms with van der Waals surface area (Å²) in [6.07, 6.45) is 5.44. The van der Waals surface area contributed by atoms with E-state index in [1.54, 1.807) is 0 Å². The molecule has 2 fully saturated rings. The first kappa shape index (κ1) is 14.4. The van der Waals surface area contributed by atoms with Crippen LogP contribution >= 0.6 is 0 Å². The third kappa shape index (κ3) is 2.26. The summed E-state index contributed by atoms with van der Waals surface area (Å²) < 4.78 is 2.13. The number of nitrogens with zero attached hydrogens (tertiary/aromatic N) is 4. The van der Waals surface area contributed by atoms with Crippen LogP contribution < -0.4 is 0 Å². The molecule has 1 aliphatic carbocycles. The van der Waals surface area contributed by atoms with Gasteiger partial charge in [-0.15, -0.1) is 10.2 Å². The Labute approximate surface area is 136 Å². The molecule has 2 aromatic rings. The molecule has 1 saturated heterocycles. The minimum Gasteiger partial charge on any atom is -0.337 e. The van der Waals surface area contributed by atoms with Crippen molar-refractivity contribution in [3.05, 3.63) is 48.0 Å². The van der Waals surface area contributed by atoms with Crippen LogP contribution in [0.5, 0.6) is 0 Å². The third-order valence-corrected chi connectivity index (χ3v) is 5.60. The van der Waals surface area contributed by atoms with E-state index in [0.717, 1.165) is 31.0 Å². The van der Waals surface area contributed by atoms with E-state index in [9.17, 15) is 4.79 Å². The highest BCUT2D eigenvalue weighted by molar-refractivity contribution is 5.94. The second-order valence-electron chi connectivity index (χ2n) is 6.80. The summed E-state index contributed by atoms with van der Waals surface area (Å²) in [7, 11) is 0. The van der Waals surface area contributed by atoms with Gasteiger partial charge in [0.1, 0.15) is 12.2 Å². The molecular weight excluding hydrogens is 288 g/mol. The van der Waals surface area contributed by atoms with Crippen LogP contribution in [0.25, 0.3) is 0 Å². The SMILES string of the molecule is CCn1cnnc1C1CN(C(=O)c2ccccc2)CC12CCC2. The number of carbonyl (C=O) groups is 1. The van der Waals surface area contributed by atoms with Gasteiger partial charge >= 0.3 is 0 Å². The molecule has 5 heteroatoms. The molecule has 1 aromatic carbocycles. The number of likely N-dealkylation sites (tertiary alicyclic amines) is 1. The summed E-state index contributed by atoms with van der Waals surface area (Å²) in [6, 6.07) is 9.59. The monoisotopic (exact) mass is 310 g/mol. The van der Waals surface area contributed by atoms with Crippen LogP contribution in [-0.2, 0) is 6.54 Å². The van der Waals surface area contributed by atoms with Crippen molar-refractivity contribution < 1.29 is 4.79 Å². The molecule has 5 nitrogen and oxygen atoms in total. The highest BCUT2D eigenvalue weighted by Crippen LogP contribution is 2.55. The molecule has 1 spiro atoms. The highest BCUT2D eigenvalue weighted by atomic mass is 16.2. The van der Waals surface area contributed by atoms with Crippen molar-refractivity contribution >= 4 is 5.91 Å². The molecule has 1 aromatic heterocycles. The lowest BCUT2D eigenvalue weighted by Crippen LogP contribution is -2.38. The summed E-state index contributed by atoms with van der Waals surface area (Å²) in [5, 5.41) is 8.49. The Kier molecular flexibility index (Phi) is 3.43. The lowest BCUT2D eigenvalue weighted by molar-refractivity contribution is 0.0723. The highest BCUT2D eigenvalue weighted by Gasteiger charge is 2.53. The molecule has 23 heavy (non-hydrogen) atoms. The Morgan fingerprint density at radius 1 is 1.30 bits per heavy atom. The fourth-order valence-corrected chi connectivity index (χ4v) is 4.16. The van der Waals surface area contributed by atoms with Crippen LogP contribution in [0.2, 0.25) is 0 Å². The molecule has 1 saturated carbocycles. The maximum atomic E-state index is 12.8.